The molecule has 0 unspecified atom stereocenters. The molecule has 0 radical (unpaired) electrons. The summed E-state index contributed by atoms with van der Waals surface area (Å²) in [6.45, 7) is 6.19. The molecule has 0 atom stereocenters. The third kappa shape index (κ3) is 6.37. The molecule has 0 aliphatic carbocycles. The maximum atomic E-state index is 12.9. The molecule has 0 bridgehead atoms. The molecule has 2 amide bonds. The van der Waals surface area contributed by atoms with Gasteiger partial charge in [-0.1, -0.05) is 35.9 Å². The van der Waals surface area contributed by atoms with Gasteiger partial charge in [0, 0.05) is 56.6 Å². The van der Waals surface area contributed by atoms with Crippen LogP contribution in [0.1, 0.15) is 28.4 Å². The Morgan fingerprint density at radius 3 is 2.06 bits per heavy atom. The molecule has 0 saturated carbocycles. The molecule has 188 valence electrons. The number of hydrogen-bond acceptors (Lipinski definition) is 5. The summed E-state index contributed by atoms with van der Waals surface area (Å²) in [5, 5.41) is 5.54. The number of carbonyl (C=O) groups is 2. The van der Waals surface area contributed by atoms with E-state index in [2.05, 4.69) is 15.5 Å². The maximum Gasteiger partial charge on any atom is 0.255 e. The molecule has 0 aromatic heterocycles. The van der Waals surface area contributed by atoms with E-state index in [1.54, 1.807) is 52.8 Å². The van der Waals surface area contributed by atoms with Crippen molar-refractivity contribution in [2.24, 2.45) is 0 Å². The van der Waals surface area contributed by atoms with Crippen molar-refractivity contribution in [3.05, 3.63) is 89.5 Å². The third-order valence-corrected chi connectivity index (χ3v) is 7.97. The number of anilines is 2. The minimum atomic E-state index is -3.48. The first-order chi connectivity index (χ1) is 17.2. The van der Waals surface area contributed by atoms with E-state index in [9.17, 15) is 18.0 Å². The van der Waals surface area contributed by atoms with Gasteiger partial charge in [0.2, 0.25) is 15.9 Å². The number of sulfonamides is 1. The smallest absolute Gasteiger partial charge is 0.255 e. The molecule has 1 aliphatic heterocycles. The van der Waals surface area contributed by atoms with Crippen LogP contribution >= 0.6 is 0 Å². The zero-order chi connectivity index (χ0) is 25.7. The Labute approximate surface area is 212 Å². The summed E-state index contributed by atoms with van der Waals surface area (Å²) in [6.07, 6.45) is 0. The lowest BCUT2D eigenvalue weighted by molar-refractivity contribution is -0.114. The standard InChI is InChI=1S/C27H30N4O4S/c1-20-6-12-26(13-7-20)36(34,35)31-16-14-30(15-17-31)19-22-8-10-23(11-9-22)27(33)29-25-5-3-4-24(18-25)28-21(2)32/h3-13,18H,14-17,19H2,1-2H3,(H,28,32)(H,29,33). The summed E-state index contributed by atoms with van der Waals surface area (Å²) in [5.41, 5.74) is 3.81. The summed E-state index contributed by atoms with van der Waals surface area (Å²) in [5.74, 6) is -0.417. The van der Waals surface area contributed by atoms with Crippen molar-refractivity contribution >= 4 is 33.2 Å². The number of nitrogens with zero attached hydrogens (tertiary/aromatic N) is 2. The van der Waals surface area contributed by atoms with E-state index in [0.717, 1.165) is 11.1 Å². The van der Waals surface area contributed by atoms with Crippen molar-refractivity contribution < 1.29 is 18.0 Å². The Hall–Kier alpha value is -3.53. The van der Waals surface area contributed by atoms with Gasteiger partial charge in [0.15, 0.2) is 0 Å². The molecule has 3 aromatic rings. The first kappa shape index (κ1) is 25.6. The van der Waals surface area contributed by atoms with Crippen molar-refractivity contribution in [2.75, 3.05) is 36.8 Å². The molecule has 9 heteroatoms. The van der Waals surface area contributed by atoms with Gasteiger partial charge in [0.05, 0.1) is 4.90 Å². The van der Waals surface area contributed by atoms with Gasteiger partial charge >= 0.3 is 0 Å². The second-order valence-electron chi connectivity index (χ2n) is 8.91. The van der Waals surface area contributed by atoms with Crippen LogP contribution in [-0.4, -0.2) is 55.6 Å². The lowest BCUT2D eigenvalue weighted by Gasteiger charge is -2.34. The van der Waals surface area contributed by atoms with Gasteiger partial charge in [-0.05, 0) is 55.0 Å². The number of nitrogens with one attached hydrogen (secondary N) is 2. The molecule has 1 heterocycles. The first-order valence-electron chi connectivity index (χ1n) is 11.8. The van der Waals surface area contributed by atoms with Crippen LogP contribution in [0, 0.1) is 6.92 Å². The van der Waals surface area contributed by atoms with E-state index >= 15 is 0 Å². The Morgan fingerprint density at radius 2 is 1.44 bits per heavy atom. The second kappa shape index (κ2) is 11.0. The van der Waals surface area contributed by atoms with Crippen molar-refractivity contribution in [3.63, 3.8) is 0 Å². The third-order valence-electron chi connectivity index (χ3n) is 6.05. The van der Waals surface area contributed by atoms with E-state index in [1.807, 2.05) is 31.2 Å². The number of carbonyl (C=O) groups excluding carboxylic acids is 2. The van der Waals surface area contributed by atoms with E-state index in [4.69, 9.17) is 0 Å². The molecule has 4 rings (SSSR count). The molecular formula is C27H30N4O4S. The second-order valence-corrected chi connectivity index (χ2v) is 10.8. The van der Waals surface area contributed by atoms with Gasteiger partial charge < -0.3 is 10.6 Å². The highest BCUT2D eigenvalue weighted by Gasteiger charge is 2.28. The number of piperazine rings is 1. The first-order valence-corrected chi connectivity index (χ1v) is 13.2. The summed E-state index contributed by atoms with van der Waals surface area (Å²) in [7, 11) is -3.48. The normalized spacial score (nSPS) is 14.8. The van der Waals surface area contributed by atoms with Crippen LogP contribution in [0.5, 0.6) is 0 Å². The van der Waals surface area contributed by atoms with E-state index in [0.29, 0.717) is 54.6 Å². The molecule has 1 aliphatic rings. The highest BCUT2D eigenvalue weighted by Crippen LogP contribution is 2.20. The summed E-state index contributed by atoms with van der Waals surface area (Å²) in [6, 6.07) is 21.3. The van der Waals surface area contributed by atoms with Crippen molar-refractivity contribution in [1.29, 1.82) is 0 Å². The molecule has 2 N–H and O–H groups in total. The van der Waals surface area contributed by atoms with Gasteiger partial charge in [0.1, 0.15) is 0 Å². The number of benzene rings is 3. The average Bonchev–Trinajstić information content (AvgIpc) is 2.85. The SMILES string of the molecule is CC(=O)Nc1cccc(NC(=O)c2ccc(CN3CCN(S(=O)(=O)c4ccc(C)cc4)CC3)cc2)c1. The lowest BCUT2D eigenvalue weighted by Crippen LogP contribution is -2.48. The number of aryl methyl sites for hydroxylation is 1. The Morgan fingerprint density at radius 1 is 0.833 bits per heavy atom. The maximum absolute atomic E-state index is 12.9. The molecule has 1 saturated heterocycles. The van der Waals surface area contributed by atoms with E-state index in [1.165, 1.54) is 6.92 Å². The Balaban J connectivity index is 1.30. The van der Waals surface area contributed by atoms with Crippen LogP contribution in [0.2, 0.25) is 0 Å². The highest BCUT2D eigenvalue weighted by molar-refractivity contribution is 7.89. The summed E-state index contributed by atoms with van der Waals surface area (Å²) < 4.78 is 27.4. The molecule has 36 heavy (non-hydrogen) atoms. The fourth-order valence-electron chi connectivity index (χ4n) is 4.09. The number of rotatable bonds is 7. The van der Waals surface area contributed by atoms with Crippen molar-refractivity contribution in [1.82, 2.24) is 9.21 Å². The molecular weight excluding hydrogens is 476 g/mol. The van der Waals surface area contributed by atoms with E-state index < -0.39 is 10.0 Å². The number of hydrogen-bond donors (Lipinski definition) is 2. The average molecular weight is 507 g/mol. The van der Waals surface area contributed by atoms with Crippen LogP contribution in [0.25, 0.3) is 0 Å². The van der Waals surface area contributed by atoms with Gasteiger partial charge in [-0.2, -0.15) is 4.31 Å². The molecule has 0 spiro atoms. The molecule has 1 fully saturated rings. The fraction of sp³-hybridized carbons (Fsp3) is 0.259. The predicted octanol–water partition coefficient (Wildman–Crippen LogP) is 3.71. The van der Waals surface area contributed by atoms with Crippen LogP contribution in [0.3, 0.4) is 0 Å². The van der Waals surface area contributed by atoms with Gasteiger partial charge in [-0.25, -0.2) is 8.42 Å². The zero-order valence-electron chi connectivity index (χ0n) is 20.4. The Bertz CT molecular complexity index is 1330. The lowest BCUT2D eigenvalue weighted by atomic mass is 10.1. The molecule has 3 aromatic carbocycles. The zero-order valence-corrected chi connectivity index (χ0v) is 21.2. The van der Waals surface area contributed by atoms with Crippen LogP contribution in [0.4, 0.5) is 11.4 Å². The van der Waals surface area contributed by atoms with Crippen molar-refractivity contribution in [3.8, 4) is 0 Å². The monoisotopic (exact) mass is 506 g/mol. The highest BCUT2D eigenvalue weighted by atomic mass is 32.2. The van der Waals surface area contributed by atoms with Crippen molar-refractivity contribution in [2.45, 2.75) is 25.3 Å². The quantitative estimate of drug-likeness (QED) is 0.509. The van der Waals surface area contributed by atoms with Gasteiger partial charge in [-0.3, -0.25) is 14.5 Å². The topological polar surface area (TPSA) is 98.8 Å². The largest absolute Gasteiger partial charge is 0.326 e. The van der Waals surface area contributed by atoms with E-state index in [-0.39, 0.29) is 11.8 Å². The minimum Gasteiger partial charge on any atom is -0.326 e. The van der Waals surface area contributed by atoms with Crippen LogP contribution < -0.4 is 10.6 Å². The van der Waals surface area contributed by atoms with Gasteiger partial charge in [0.25, 0.3) is 5.91 Å². The van der Waals surface area contributed by atoms with Crippen LogP contribution in [0.15, 0.2) is 77.7 Å². The van der Waals surface area contributed by atoms with Crippen LogP contribution in [-0.2, 0) is 21.4 Å². The number of amides is 2. The summed E-state index contributed by atoms with van der Waals surface area (Å²) >= 11 is 0. The summed E-state index contributed by atoms with van der Waals surface area (Å²) in [4.78, 5) is 26.4. The Kier molecular flexibility index (Phi) is 7.83. The fourth-order valence-corrected chi connectivity index (χ4v) is 5.51. The minimum absolute atomic E-state index is 0.177. The molecule has 8 nitrogen and oxygen atoms in total. The van der Waals surface area contributed by atoms with Gasteiger partial charge in [-0.15, -0.1) is 0 Å². The predicted molar refractivity (Wildman–Crippen MR) is 140 cm³/mol.